The molecule has 1 fully saturated rings. The number of aliphatic carboxylic acids is 1. The Morgan fingerprint density at radius 2 is 2.13 bits per heavy atom. The second-order valence-electron chi connectivity index (χ2n) is 4.76. The number of carbonyl (C=O) groups is 1. The summed E-state index contributed by atoms with van der Waals surface area (Å²) in [6, 6.07) is 0. The summed E-state index contributed by atoms with van der Waals surface area (Å²) in [6.45, 7) is 5.45. The van der Waals surface area contributed by atoms with E-state index in [9.17, 15) is 9.90 Å². The lowest BCUT2D eigenvalue weighted by molar-refractivity contribution is -0.158. The molecule has 15 heavy (non-hydrogen) atoms. The fourth-order valence-electron chi connectivity index (χ4n) is 1.72. The van der Waals surface area contributed by atoms with Gasteiger partial charge in [-0.05, 0) is 38.6 Å². The molecule has 0 aromatic carbocycles. The third kappa shape index (κ3) is 4.18. The molecule has 0 spiro atoms. The molecule has 0 radical (unpaired) electrons. The van der Waals surface area contributed by atoms with Gasteiger partial charge in [0, 0.05) is 13.1 Å². The summed E-state index contributed by atoms with van der Waals surface area (Å²) in [5.41, 5.74) is -1.62. The number of aliphatic hydroxyl groups is 1. The summed E-state index contributed by atoms with van der Waals surface area (Å²) in [5, 5.41) is 18.5. The highest BCUT2D eigenvalue weighted by Gasteiger charge is 2.34. The van der Waals surface area contributed by atoms with E-state index in [1.807, 2.05) is 0 Å². The van der Waals surface area contributed by atoms with Crippen molar-refractivity contribution in [1.82, 2.24) is 4.90 Å². The molecule has 1 unspecified atom stereocenters. The Labute approximate surface area is 90.9 Å². The molecule has 4 heteroatoms. The summed E-state index contributed by atoms with van der Waals surface area (Å²) >= 11 is 0. The third-order valence-corrected chi connectivity index (χ3v) is 2.75. The van der Waals surface area contributed by atoms with Crippen LogP contribution >= 0.6 is 0 Å². The Morgan fingerprint density at radius 3 is 2.53 bits per heavy atom. The Hall–Kier alpha value is -0.610. The van der Waals surface area contributed by atoms with Crippen LogP contribution in [0.3, 0.4) is 0 Å². The van der Waals surface area contributed by atoms with E-state index in [1.165, 1.54) is 19.8 Å². The van der Waals surface area contributed by atoms with Crippen molar-refractivity contribution in [2.75, 3.05) is 19.6 Å². The van der Waals surface area contributed by atoms with Gasteiger partial charge in [-0.3, -0.25) is 4.90 Å². The average Bonchev–Trinajstić information content (AvgIpc) is 2.87. The van der Waals surface area contributed by atoms with Crippen LogP contribution in [0.15, 0.2) is 0 Å². The number of hydrogen-bond acceptors (Lipinski definition) is 3. The van der Waals surface area contributed by atoms with Crippen molar-refractivity contribution >= 4 is 5.97 Å². The Morgan fingerprint density at radius 1 is 1.53 bits per heavy atom. The fraction of sp³-hybridized carbons (Fsp3) is 0.909. The lowest BCUT2D eigenvalue weighted by atomic mass is 10.1. The normalized spacial score (nSPS) is 20.3. The molecule has 4 nitrogen and oxygen atoms in total. The van der Waals surface area contributed by atoms with Crippen LogP contribution in [0, 0.1) is 5.92 Å². The maximum atomic E-state index is 10.8. The summed E-state index contributed by atoms with van der Waals surface area (Å²) in [5.74, 6) is -0.416. The summed E-state index contributed by atoms with van der Waals surface area (Å²) in [6.07, 6.45) is 3.48. The Balaban J connectivity index is 2.44. The molecule has 0 bridgehead atoms. The van der Waals surface area contributed by atoms with E-state index in [1.54, 1.807) is 0 Å². The van der Waals surface area contributed by atoms with Gasteiger partial charge < -0.3 is 10.2 Å². The highest BCUT2D eigenvalue weighted by atomic mass is 16.4. The van der Waals surface area contributed by atoms with Gasteiger partial charge in [-0.1, -0.05) is 6.92 Å². The van der Waals surface area contributed by atoms with Gasteiger partial charge >= 0.3 is 5.97 Å². The number of rotatable bonds is 7. The van der Waals surface area contributed by atoms with Crippen molar-refractivity contribution < 1.29 is 15.0 Å². The highest BCUT2D eigenvalue weighted by molar-refractivity contribution is 5.76. The molecule has 1 atom stereocenters. The van der Waals surface area contributed by atoms with Crippen LogP contribution in [0.1, 0.15) is 33.1 Å². The first kappa shape index (κ1) is 12.5. The first-order valence-corrected chi connectivity index (χ1v) is 5.64. The molecule has 0 aromatic rings. The van der Waals surface area contributed by atoms with Gasteiger partial charge in [0.2, 0.25) is 0 Å². The largest absolute Gasteiger partial charge is 0.479 e. The molecule has 1 rings (SSSR count). The smallest absolute Gasteiger partial charge is 0.336 e. The Bertz CT molecular complexity index is 224. The fourth-order valence-corrected chi connectivity index (χ4v) is 1.72. The minimum Gasteiger partial charge on any atom is -0.479 e. The number of carboxylic acids is 1. The van der Waals surface area contributed by atoms with Gasteiger partial charge in [0.25, 0.3) is 0 Å². The van der Waals surface area contributed by atoms with Crippen molar-refractivity contribution in [3.63, 3.8) is 0 Å². The maximum Gasteiger partial charge on any atom is 0.336 e. The summed E-state index contributed by atoms with van der Waals surface area (Å²) in [7, 11) is 0. The van der Waals surface area contributed by atoms with Crippen LogP contribution in [-0.2, 0) is 4.79 Å². The van der Waals surface area contributed by atoms with Gasteiger partial charge in [-0.15, -0.1) is 0 Å². The second kappa shape index (κ2) is 4.94. The van der Waals surface area contributed by atoms with Crippen LogP contribution in [0.2, 0.25) is 0 Å². The van der Waals surface area contributed by atoms with Crippen LogP contribution in [0.25, 0.3) is 0 Å². The molecule has 0 heterocycles. The molecular formula is C11H21NO3. The van der Waals surface area contributed by atoms with E-state index in [0.717, 1.165) is 25.4 Å². The predicted octanol–water partition coefficient (Wildman–Crippen LogP) is 0.944. The van der Waals surface area contributed by atoms with E-state index >= 15 is 0 Å². The molecule has 88 valence electrons. The molecule has 0 aromatic heterocycles. The molecule has 0 aliphatic heterocycles. The molecular weight excluding hydrogens is 194 g/mol. The van der Waals surface area contributed by atoms with Crippen LogP contribution < -0.4 is 0 Å². The van der Waals surface area contributed by atoms with E-state index < -0.39 is 11.6 Å². The first-order valence-electron chi connectivity index (χ1n) is 5.64. The molecule has 1 aliphatic carbocycles. The van der Waals surface area contributed by atoms with Gasteiger partial charge in [0.1, 0.15) is 0 Å². The van der Waals surface area contributed by atoms with Crippen LogP contribution in [0.5, 0.6) is 0 Å². The minimum absolute atomic E-state index is 0.229. The standard InChI is InChI=1S/C11H21NO3/c1-3-6-12(7-9-4-5-9)8-11(2,15)10(13)14/h9,15H,3-8H2,1-2H3,(H,13,14). The first-order chi connectivity index (χ1) is 6.95. The van der Waals surface area contributed by atoms with E-state index in [0.29, 0.717) is 0 Å². The molecule has 0 amide bonds. The lowest BCUT2D eigenvalue weighted by Gasteiger charge is -2.28. The molecule has 0 saturated heterocycles. The quantitative estimate of drug-likeness (QED) is 0.663. The van der Waals surface area contributed by atoms with Gasteiger partial charge in [-0.2, -0.15) is 0 Å². The van der Waals surface area contributed by atoms with Gasteiger partial charge in [0.15, 0.2) is 5.60 Å². The number of carboxylic acid groups (broad SMARTS) is 1. The second-order valence-corrected chi connectivity index (χ2v) is 4.76. The number of nitrogens with zero attached hydrogens (tertiary/aromatic N) is 1. The van der Waals surface area contributed by atoms with Crippen molar-refractivity contribution in [2.24, 2.45) is 5.92 Å². The molecule has 1 saturated carbocycles. The minimum atomic E-state index is -1.62. The SMILES string of the molecule is CCCN(CC1CC1)CC(C)(O)C(=O)O. The summed E-state index contributed by atoms with van der Waals surface area (Å²) in [4.78, 5) is 12.8. The summed E-state index contributed by atoms with van der Waals surface area (Å²) < 4.78 is 0. The van der Waals surface area contributed by atoms with Crippen LogP contribution in [-0.4, -0.2) is 46.3 Å². The lowest BCUT2D eigenvalue weighted by Crippen LogP contribution is -2.47. The molecule has 1 aliphatic rings. The van der Waals surface area contributed by atoms with Crippen molar-refractivity contribution in [2.45, 2.75) is 38.7 Å². The topological polar surface area (TPSA) is 60.8 Å². The zero-order valence-electron chi connectivity index (χ0n) is 9.57. The van der Waals surface area contributed by atoms with Gasteiger partial charge in [-0.25, -0.2) is 4.79 Å². The zero-order chi connectivity index (χ0) is 11.5. The monoisotopic (exact) mass is 215 g/mol. The van der Waals surface area contributed by atoms with E-state index in [4.69, 9.17) is 5.11 Å². The van der Waals surface area contributed by atoms with Crippen molar-refractivity contribution in [3.05, 3.63) is 0 Å². The van der Waals surface area contributed by atoms with E-state index in [2.05, 4.69) is 11.8 Å². The Kier molecular flexibility index (Phi) is 4.11. The highest BCUT2D eigenvalue weighted by Crippen LogP contribution is 2.30. The predicted molar refractivity (Wildman–Crippen MR) is 57.7 cm³/mol. The van der Waals surface area contributed by atoms with E-state index in [-0.39, 0.29) is 6.54 Å². The van der Waals surface area contributed by atoms with Crippen molar-refractivity contribution in [3.8, 4) is 0 Å². The molecule has 2 N–H and O–H groups in total. The van der Waals surface area contributed by atoms with Crippen molar-refractivity contribution in [1.29, 1.82) is 0 Å². The van der Waals surface area contributed by atoms with Crippen LogP contribution in [0.4, 0.5) is 0 Å². The van der Waals surface area contributed by atoms with Gasteiger partial charge in [0.05, 0.1) is 0 Å². The third-order valence-electron chi connectivity index (χ3n) is 2.75. The maximum absolute atomic E-state index is 10.8. The average molecular weight is 215 g/mol. The zero-order valence-corrected chi connectivity index (χ0v) is 9.57. The number of hydrogen-bond donors (Lipinski definition) is 2.